The molecule has 3 rings (SSSR count). The lowest BCUT2D eigenvalue weighted by atomic mass is 10.0. The Balaban J connectivity index is 1.73. The molecule has 0 bridgehead atoms. The van der Waals surface area contributed by atoms with E-state index in [9.17, 15) is 13.2 Å². The number of piperidine rings is 1. The summed E-state index contributed by atoms with van der Waals surface area (Å²) in [5, 5.41) is 3.38. The second-order valence-electron chi connectivity index (χ2n) is 7.29. The van der Waals surface area contributed by atoms with Gasteiger partial charge in [0.1, 0.15) is 5.82 Å². The average Bonchev–Trinajstić information content (AvgIpc) is 2.69. The van der Waals surface area contributed by atoms with Crippen LogP contribution in [0.25, 0.3) is 0 Å². The Morgan fingerprint density at radius 2 is 1.86 bits per heavy atom. The van der Waals surface area contributed by atoms with Crippen LogP contribution in [0.15, 0.2) is 52.4 Å². The summed E-state index contributed by atoms with van der Waals surface area (Å²) in [7, 11) is -3.88. The van der Waals surface area contributed by atoms with Crippen LogP contribution in [0, 0.1) is 0 Å². The molecule has 0 aliphatic carbocycles. The second kappa shape index (κ2) is 8.28. The molecule has 2 aromatic rings. The summed E-state index contributed by atoms with van der Waals surface area (Å²) < 4.78 is 25.8. The molecular formula is C20H26N4O3S. The van der Waals surface area contributed by atoms with Crippen LogP contribution in [-0.4, -0.2) is 49.4 Å². The molecular weight excluding hydrogens is 376 g/mol. The number of aromatic nitrogens is 1. The first-order valence-electron chi connectivity index (χ1n) is 9.39. The number of nitrogens with one attached hydrogen (secondary N) is 1. The Bertz CT molecular complexity index is 934. The van der Waals surface area contributed by atoms with Crippen LogP contribution in [0.1, 0.15) is 37.0 Å². The quantitative estimate of drug-likeness (QED) is 0.768. The minimum Gasteiger partial charge on any atom is -0.367 e. The lowest BCUT2D eigenvalue weighted by Gasteiger charge is -2.35. The molecule has 0 unspecified atom stereocenters. The summed E-state index contributed by atoms with van der Waals surface area (Å²) in [6.07, 6.45) is 3.36. The normalized spacial score (nSPS) is 16.2. The van der Waals surface area contributed by atoms with E-state index in [0.717, 1.165) is 25.9 Å². The zero-order valence-electron chi connectivity index (χ0n) is 16.1. The van der Waals surface area contributed by atoms with Gasteiger partial charge in [0, 0.05) is 31.4 Å². The monoisotopic (exact) mass is 402 g/mol. The molecule has 0 spiro atoms. The minimum atomic E-state index is -3.88. The van der Waals surface area contributed by atoms with Crippen molar-refractivity contribution in [3.8, 4) is 0 Å². The molecule has 2 heterocycles. The molecule has 28 heavy (non-hydrogen) atoms. The molecule has 0 radical (unpaired) electrons. The van der Waals surface area contributed by atoms with Gasteiger partial charge in [0.15, 0.2) is 0 Å². The van der Waals surface area contributed by atoms with Crippen LogP contribution in [-0.2, 0) is 9.84 Å². The highest BCUT2D eigenvalue weighted by Gasteiger charge is 2.24. The average molecular weight is 403 g/mol. The zero-order valence-corrected chi connectivity index (χ0v) is 16.9. The second-order valence-corrected chi connectivity index (χ2v) is 9.21. The van der Waals surface area contributed by atoms with Gasteiger partial charge in [0.2, 0.25) is 15.7 Å². The van der Waals surface area contributed by atoms with E-state index in [1.165, 1.54) is 24.4 Å². The number of primary amides is 1. The molecule has 0 atom stereocenters. The van der Waals surface area contributed by atoms with Crippen molar-refractivity contribution in [1.82, 2.24) is 9.88 Å². The Hall–Kier alpha value is -2.45. The van der Waals surface area contributed by atoms with Crippen LogP contribution < -0.4 is 11.1 Å². The third-order valence-electron chi connectivity index (χ3n) is 5.10. The number of rotatable bonds is 6. The van der Waals surface area contributed by atoms with Crippen LogP contribution in [0.3, 0.4) is 0 Å². The number of carbonyl (C=O) groups is 1. The third-order valence-corrected chi connectivity index (χ3v) is 6.90. The van der Waals surface area contributed by atoms with E-state index in [1.807, 2.05) is 0 Å². The molecule has 8 heteroatoms. The van der Waals surface area contributed by atoms with Gasteiger partial charge in [-0.25, -0.2) is 13.4 Å². The summed E-state index contributed by atoms with van der Waals surface area (Å²) in [6, 6.07) is 9.96. The maximum Gasteiger partial charge on any atom is 0.250 e. The van der Waals surface area contributed by atoms with E-state index in [0.29, 0.717) is 17.9 Å². The molecule has 1 aliphatic rings. The molecule has 0 saturated carbocycles. The summed E-state index contributed by atoms with van der Waals surface area (Å²) in [5.41, 5.74) is 5.29. The van der Waals surface area contributed by atoms with Gasteiger partial charge >= 0.3 is 0 Å². The minimum absolute atomic E-state index is 0.0263. The zero-order chi connectivity index (χ0) is 20.3. The lowest BCUT2D eigenvalue weighted by Crippen LogP contribution is -2.42. The maximum absolute atomic E-state index is 12.9. The van der Waals surface area contributed by atoms with Gasteiger partial charge in [0.25, 0.3) is 0 Å². The molecule has 1 aliphatic heterocycles. The highest BCUT2D eigenvalue weighted by Crippen LogP contribution is 2.25. The number of benzene rings is 1. The standard InChI is InChI=1S/C20H26N4O3S/c1-14(2)24-11-9-15(10-12-24)23-19-8-7-16(13-22-19)28(26,27)18-6-4-3-5-17(18)20(21)25/h3-8,13-15H,9-12H2,1-2H3,(H2,21,25)(H,22,23). The van der Waals surface area contributed by atoms with Gasteiger partial charge in [-0.2, -0.15) is 0 Å². The Kier molecular flexibility index (Phi) is 6.00. The number of hydrogen-bond acceptors (Lipinski definition) is 6. The summed E-state index contributed by atoms with van der Waals surface area (Å²) >= 11 is 0. The summed E-state index contributed by atoms with van der Waals surface area (Å²) in [5.74, 6) is -0.136. The molecule has 150 valence electrons. The first kappa shape index (κ1) is 20.3. The Morgan fingerprint density at radius 1 is 1.18 bits per heavy atom. The smallest absolute Gasteiger partial charge is 0.250 e. The Labute approximate surface area is 165 Å². The van der Waals surface area contributed by atoms with E-state index in [2.05, 4.69) is 29.0 Å². The number of carbonyl (C=O) groups excluding carboxylic acids is 1. The van der Waals surface area contributed by atoms with Crippen molar-refractivity contribution in [3.05, 3.63) is 48.2 Å². The third kappa shape index (κ3) is 4.34. The van der Waals surface area contributed by atoms with Gasteiger partial charge < -0.3 is 16.0 Å². The van der Waals surface area contributed by atoms with Crippen molar-refractivity contribution in [2.75, 3.05) is 18.4 Å². The van der Waals surface area contributed by atoms with Crippen molar-refractivity contribution < 1.29 is 13.2 Å². The Morgan fingerprint density at radius 3 is 2.43 bits per heavy atom. The lowest BCUT2D eigenvalue weighted by molar-refractivity contribution is 0.0997. The van der Waals surface area contributed by atoms with Crippen molar-refractivity contribution in [2.24, 2.45) is 5.73 Å². The largest absolute Gasteiger partial charge is 0.367 e. The first-order chi connectivity index (χ1) is 13.3. The van der Waals surface area contributed by atoms with Crippen LogP contribution >= 0.6 is 0 Å². The molecule has 1 saturated heterocycles. The highest BCUT2D eigenvalue weighted by molar-refractivity contribution is 7.91. The van der Waals surface area contributed by atoms with E-state index < -0.39 is 15.7 Å². The fourth-order valence-electron chi connectivity index (χ4n) is 3.43. The topological polar surface area (TPSA) is 105 Å². The summed E-state index contributed by atoms with van der Waals surface area (Å²) in [4.78, 5) is 18.2. The fourth-order valence-corrected chi connectivity index (χ4v) is 4.83. The number of nitrogens with two attached hydrogens (primary N) is 1. The number of amides is 1. The molecule has 1 amide bonds. The van der Waals surface area contributed by atoms with E-state index >= 15 is 0 Å². The predicted molar refractivity (Wildman–Crippen MR) is 108 cm³/mol. The van der Waals surface area contributed by atoms with Gasteiger partial charge in [0.05, 0.1) is 15.4 Å². The van der Waals surface area contributed by atoms with Gasteiger partial charge in [-0.3, -0.25) is 4.79 Å². The molecule has 7 nitrogen and oxygen atoms in total. The molecule has 1 aromatic carbocycles. The molecule has 1 fully saturated rings. The fraction of sp³-hybridized carbons (Fsp3) is 0.400. The van der Waals surface area contributed by atoms with Crippen LogP contribution in [0.4, 0.5) is 5.82 Å². The van der Waals surface area contributed by atoms with Gasteiger partial charge in [-0.05, 0) is 51.0 Å². The van der Waals surface area contributed by atoms with Gasteiger partial charge in [-0.1, -0.05) is 12.1 Å². The predicted octanol–water partition coefficient (Wildman–Crippen LogP) is 2.30. The molecule has 1 aromatic heterocycles. The van der Waals surface area contributed by atoms with Gasteiger partial charge in [-0.15, -0.1) is 0 Å². The maximum atomic E-state index is 12.9. The highest BCUT2D eigenvalue weighted by atomic mass is 32.2. The van der Waals surface area contributed by atoms with Crippen molar-refractivity contribution in [1.29, 1.82) is 0 Å². The number of pyridine rings is 1. The van der Waals surface area contributed by atoms with Crippen molar-refractivity contribution in [3.63, 3.8) is 0 Å². The van der Waals surface area contributed by atoms with Crippen LogP contribution in [0.2, 0.25) is 0 Å². The first-order valence-corrected chi connectivity index (χ1v) is 10.9. The summed E-state index contributed by atoms with van der Waals surface area (Å²) in [6.45, 7) is 6.47. The van der Waals surface area contributed by atoms with E-state index in [1.54, 1.807) is 18.2 Å². The number of likely N-dealkylation sites (tertiary alicyclic amines) is 1. The number of sulfone groups is 1. The number of anilines is 1. The van der Waals surface area contributed by atoms with Crippen molar-refractivity contribution in [2.45, 2.75) is 48.6 Å². The number of nitrogens with zero attached hydrogens (tertiary/aromatic N) is 2. The molecule has 3 N–H and O–H groups in total. The van der Waals surface area contributed by atoms with Crippen LogP contribution in [0.5, 0.6) is 0 Å². The SMILES string of the molecule is CC(C)N1CCC(Nc2ccc(S(=O)(=O)c3ccccc3C(N)=O)cn2)CC1. The van der Waals surface area contributed by atoms with Crippen molar-refractivity contribution >= 4 is 21.6 Å². The van der Waals surface area contributed by atoms with E-state index in [4.69, 9.17) is 5.73 Å². The number of hydrogen-bond donors (Lipinski definition) is 2. The van der Waals surface area contributed by atoms with E-state index in [-0.39, 0.29) is 15.4 Å².